The van der Waals surface area contributed by atoms with Gasteiger partial charge in [-0.15, -0.1) is 0 Å². The number of benzene rings is 8. The van der Waals surface area contributed by atoms with Crippen molar-refractivity contribution in [2.24, 2.45) is 0 Å². The van der Waals surface area contributed by atoms with Gasteiger partial charge >= 0.3 is 0 Å². The Morgan fingerprint density at radius 1 is 0.306 bits per heavy atom. The van der Waals surface area contributed by atoms with Crippen LogP contribution in [0.4, 0.5) is 0 Å². The highest BCUT2D eigenvalue weighted by Gasteiger charge is 2.58. The lowest BCUT2D eigenvalue weighted by molar-refractivity contribution is 0.633. The summed E-state index contributed by atoms with van der Waals surface area (Å²) in [5, 5.41) is 2.59. The van der Waals surface area contributed by atoms with Crippen molar-refractivity contribution < 1.29 is 0 Å². The Bertz CT molecular complexity index is 2600. The second-order valence-electron chi connectivity index (χ2n) is 13.9. The van der Waals surface area contributed by atoms with E-state index in [0.29, 0.717) is 0 Å². The Labute approximate surface area is 287 Å². The molecule has 0 N–H and O–H groups in total. The van der Waals surface area contributed by atoms with E-state index in [-0.39, 0.29) is 0 Å². The number of rotatable bonds is 1. The first kappa shape index (κ1) is 27.0. The molecule has 49 heavy (non-hydrogen) atoms. The van der Waals surface area contributed by atoms with E-state index in [0.717, 1.165) is 0 Å². The molecule has 0 heteroatoms. The van der Waals surface area contributed by atoms with Crippen molar-refractivity contribution in [2.45, 2.75) is 17.8 Å². The van der Waals surface area contributed by atoms with Gasteiger partial charge in [0.1, 0.15) is 0 Å². The zero-order valence-electron chi connectivity index (χ0n) is 27.2. The predicted octanol–water partition coefficient (Wildman–Crippen LogP) is 11.9. The van der Waals surface area contributed by atoms with Crippen LogP contribution in [0.5, 0.6) is 0 Å². The first-order valence-corrected chi connectivity index (χ1v) is 17.4. The molecule has 0 radical (unpaired) electrons. The van der Waals surface area contributed by atoms with E-state index in [2.05, 4.69) is 183 Å². The van der Waals surface area contributed by atoms with Crippen LogP contribution in [0.3, 0.4) is 0 Å². The topological polar surface area (TPSA) is 0 Å². The third-order valence-electron chi connectivity index (χ3n) is 12.0. The van der Waals surface area contributed by atoms with E-state index < -0.39 is 10.8 Å². The summed E-state index contributed by atoms with van der Waals surface area (Å²) in [7, 11) is 0. The van der Waals surface area contributed by atoms with E-state index in [4.69, 9.17) is 0 Å². The van der Waals surface area contributed by atoms with Crippen LogP contribution in [-0.2, 0) is 10.8 Å². The fourth-order valence-corrected chi connectivity index (χ4v) is 10.1. The summed E-state index contributed by atoms with van der Waals surface area (Å²) in [5.41, 5.74) is 19.2. The molecule has 3 aliphatic rings. The molecule has 2 spiro atoms. The lowest BCUT2D eigenvalue weighted by Crippen LogP contribution is -2.43. The molecule has 0 saturated carbocycles. The molecule has 0 nitrogen and oxygen atoms in total. The molecule has 0 saturated heterocycles. The zero-order chi connectivity index (χ0) is 32.3. The van der Waals surface area contributed by atoms with Crippen molar-refractivity contribution in [3.63, 3.8) is 0 Å². The third-order valence-corrected chi connectivity index (χ3v) is 12.0. The SMILES string of the molecule is Cc1c(-c2ccc3c(c2)C2(c4ccccc4-c4ccccc42)c2ccccc2C32c3ccccc3-c3ccccc32)ccc2ccccc12. The van der Waals surface area contributed by atoms with Gasteiger partial charge in [-0.25, -0.2) is 0 Å². The standard InChI is InChI=1S/C49H32/c1-31-34-15-3-2-14-32(34)26-28-35(31)33-27-29-46-47(30-33)49(42-22-10-6-18-38(42)39-19-7-11-23-43(39)49)45-25-13-12-24-44(45)48(46)40-20-8-4-16-36(40)37-17-5-9-21-41(37)48/h2-30H,1H3. The van der Waals surface area contributed by atoms with Crippen molar-refractivity contribution in [2.75, 3.05) is 0 Å². The Morgan fingerprint density at radius 2 is 0.714 bits per heavy atom. The van der Waals surface area contributed by atoms with Crippen LogP contribution < -0.4 is 0 Å². The van der Waals surface area contributed by atoms with E-state index in [9.17, 15) is 0 Å². The quantitative estimate of drug-likeness (QED) is 0.171. The summed E-state index contributed by atoms with van der Waals surface area (Å²) in [4.78, 5) is 0. The summed E-state index contributed by atoms with van der Waals surface area (Å²) in [6.45, 7) is 2.29. The molecule has 0 aliphatic heterocycles. The lowest BCUT2D eigenvalue weighted by Gasteiger charge is -2.49. The second kappa shape index (κ2) is 9.56. The van der Waals surface area contributed by atoms with Crippen LogP contribution in [-0.4, -0.2) is 0 Å². The van der Waals surface area contributed by atoms with Crippen molar-refractivity contribution in [1.29, 1.82) is 0 Å². The summed E-state index contributed by atoms with van der Waals surface area (Å²) in [5.74, 6) is 0. The Balaban J connectivity index is 1.34. The maximum absolute atomic E-state index is 2.56. The van der Waals surface area contributed by atoms with E-state index >= 15 is 0 Å². The molecule has 0 heterocycles. The maximum atomic E-state index is 2.56. The number of hydrogen-bond donors (Lipinski definition) is 0. The lowest BCUT2D eigenvalue weighted by atomic mass is 9.52. The van der Waals surface area contributed by atoms with Crippen LogP contribution in [0.25, 0.3) is 44.2 Å². The van der Waals surface area contributed by atoms with Crippen LogP contribution in [0, 0.1) is 6.92 Å². The molecule has 11 rings (SSSR count). The van der Waals surface area contributed by atoms with Gasteiger partial charge in [-0.1, -0.05) is 170 Å². The average molecular weight is 621 g/mol. The van der Waals surface area contributed by atoms with Gasteiger partial charge in [-0.3, -0.25) is 0 Å². The highest BCUT2D eigenvalue weighted by Crippen LogP contribution is 2.67. The minimum absolute atomic E-state index is 0.451. The summed E-state index contributed by atoms with van der Waals surface area (Å²) >= 11 is 0. The molecule has 0 fully saturated rings. The molecular weight excluding hydrogens is 589 g/mol. The summed E-state index contributed by atoms with van der Waals surface area (Å²) in [6, 6.07) is 66.7. The van der Waals surface area contributed by atoms with Crippen molar-refractivity contribution in [1.82, 2.24) is 0 Å². The summed E-state index contributed by atoms with van der Waals surface area (Å²) in [6.07, 6.45) is 0. The molecule has 0 atom stereocenters. The largest absolute Gasteiger partial charge is 0.0720 e. The fourth-order valence-electron chi connectivity index (χ4n) is 10.1. The average Bonchev–Trinajstić information content (AvgIpc) is 3.63. The molecule has 0 aromatic heterocycles. The molecule has 0 unspecified atom stereocenters. The highest BCUT2D eigenvalue weighted by atomic mass is 14.6. The van der Waals surface area contributed by atoms with Gasteiger partial charge in [0.15, 0.2) is 0 Å². The van der Waals surface area contributed by atoms with Crippen molar-refractivity contribution in [3.8, 4) is 33.4 Å². The second-order valence-corrected chi connectivity index (χ2v) is 13.9. The molecule has 0 bridgehead atoms. The number of aryl methyl sites for hydroxylation is 1. The molecule has 8 aromatic carbocycles. The maximum Gasteiger partial charge on any atom is 0.0720 e. The molecule has 3 aliphatic carbocycles. The normalized spacial score (nSPS) is 15.0. The van der Waals surface area contributed by atoms with E-state index in [1.807, 2.05) is 0 Å². The van der Waals surface area contributed by atoms with Crippen molar-refractivity contribution in [3.05, 3.63) is 226 Å². The first-order chi connectivity index (χ1) is 24.2. The van der Waals surface area contributed by atoms with Crippen molar-refractivity contribution >= 4 is 10.8 Å². The molecule has 0 amide bonds. The van der Waals surface area contributed by atoms with Crippen LogP contribution in [0.15, 0.2) is 176 Å². The zero-order valence-corrected chi connectivity index (χ0v) is 27.2. The monoisotopic (exact) mass is 620 g/mol. The molecule has 8 aromatic rings. The van der Waals surface area contributed by atoms with Gasteiger partial charge < -0.3 is 0 Å². The Morgan fingerprint density at radius 3 is 1.24 bits per heavy atom. The van der Waals surface area contributed by atoms with E-state index in [1.165, 1.54) is 94.2 Å². The first-order valence-electron chi connectivity index (χ1n) is 17.4. The van der Waals surface area contributed by atoms with Gasteiger partial charge in [-0.05, 0) is 107 Å². The van der Waals surface area contributed by atoms with Gasteiger partial charge in [0.25, 0.3) is 0 Å². The van der Waals surface area contributed by atoms with Crippen LogP contribution in [0.2, 0.25) is 0 Å². The third kappa shape index (κ3) is 3.16. The van der Waals surface area contributed by atoms with Crippen LogP contribution >= 0.6 is 0 Å². The Kier molecular flexibility index (Phi) is 5.27. The smallest absolute Gasteiger partial charge is 0.0619 e. The summed E-state index contributed by atoms with van der Waals surface area (Å²) < 4.78 is 0. The van der Waals surface area contributed by atoms with Gasteiger partial charge in [0, 0.05) is 0 Å². The highest BCUT2D eigenvalue weighted by molar-refractivity contribution is 5.96. The minimum atomic E-state index is -0.475. The predicted molar refractivity (Wildman–Crippen MR) is 202 cm³/mol. The van der Waals surface area contributed by atoms with Gasteiger partial charge in [-0.2, -0.15) is 0 Å². The number of hydrogen-bond acceptors (Lipinski definition) is 0. The van der Waals surface area contributed by atoms with Gasteiger partial charge in [0.2, 0.25) is 0 Å². The van der Waals surface area contributed by atoms with Crippen LogP contribution in [0.1, 0.15) is 50.1 Å². The number of fused-ring (bicyclic) bond motifs is 17. The Hall–Kier alpha value is -5.98. The minimum Gasteiger partial charge on any atom is -0.0619 e. The molecular formula is C49H32. The van der Waals surface area contributed by atoms with Gasteiger partial charge in [0.05, 0.1) is 10.8 Å². The molecule has 228 valence electrons. The van der Waals surface area contributed by atoms with E-state index in [1.54, 1.807) is 0 Å². The fraction of sp³-hybridized carbons (Fsp3) is 0.0612.